The lowest BCUT2D eigenvalue weighted by atomic mass is 9.96. The molecule has 0 saturated carbocycles. The van der Waals surface area contributed by atoms with Crippen molar-refractivity contribution >= 4 is 5.91 Å². The Kier molecular flexibility index (Phi) is 3.99. The summed E-state index contributed by atoms with van der Waals surface area (Å²) in [4.78, 5) is 17.2. The van der Waals surface area contributed by atoms with E-state index in [0.717, 1.165) is 12.1 Å². The van der Waals surface area contributed by atoms with Gasteiger partial charge in [0.25, 0.3) is 5.91 Å². The highest BCUT2D eigenvalue weighted by atomic mass is 19.4. The summed E-state index contributed by atoms with van der Waals surface area (Å²) in [7, 11) is 0. The highest BCUT2D eigenvalue weighted by Crippen LogP contribution is 2.28. The standard InChI is InChI=1S/C13H15F3N2O2/c1-8-7-18(5-4-11(8)19)12(20)10-3-2-9(6-17-10)13(14,15)16/h2-3,6,8,11,19H,4-5,7H2,1H3. The number of likely N-dealkylation sites (tertiary alicyclic amines) is 1. The van der Waals surface area contributed by atoms with E-state index in [-0.39, 0.29) is 11.6 Å². The van der Waals surface area contributed by atoms with Crippen LogP contribution in [0.1, 0.15) is 29.4 Å². The number of rotatable bonds is 1. The highest BCUT2D eigenvalue weighted by Gasteiger charge is 2.32. The molecule has 1 amide bonds. The van der Waals surface area contributed by atoms with Crippen molar-refractivity contribution in [2.24, 2.45) is 5.92 Å². The van der Waals surface area contributed by atoms with Gasteiger partial charge in [-0.25, -0.2) is 0 Å². The van der Waals surface area contributed by atoms with E-state index in [1.54, 1.807) is 0 Å². The van der Waals surface area contributed by atoms with Gasteiger partial charge in [0.15, 0.2) is 0 Å². The number of pyridine rings is 1. The molecule has 1 saturated heterocycles. The minimum absolute atomic E-state index is 0.0124. The number of amides is 1. The second-order valence-corrected chi connectivity index (χ2v) is 5.01. The summed E-state index contributed by atoms with van der Waals surface area (Å²) >= 11 is 0. The predicted octanol–water partition coefficient (Wildman–Crippen LogP) is 1.94. The topological polar surface area (TPSA) is 53.4 Å². The van der Waals surface area contributed by atoms with E-state index in [0.29, 0.717) is 25.7 Å². The number of alkyl halides is 3. The number of carbonyl (C=O) groups excluding carboxylic acids is 1. The molecule has 110 valence electrons. The van der Waals surface area contributed by atoms with Gasteiger partial charge in [-0.2, -0.15) is 13.2 Å². The molecule has 1 aromatic rings. The summed E-state index contributed by atoms with van der Waals surface area (Å²) in [6.45, 7) is 2.58. The fourth-order valence-corrected chi connectivity index (χ4v) is 2.17. The van der Waals surface area contributed by atoms with Gasteiger partial charge < -0.3 is 10.0 Å². The fourth-order valence-electron chi connectivity index (χ4n) is 2.17. The molecule has 1 aromatic heterocycles. The van der Waals surface area contributed by atoms with E-state index in [2.05, 4.69) is 4.98 Å². The Morgan fingerprint density at radius 2 is 2.15 bits per heavy atom. The average molecular weight is 288 g/mol. The number of hydrogen-bond donors (Lipinski definition) is 1. The lowest BCUT2D eigenvalue weighted by Crippen LogP contribution is -2.45. The molecule has 1 aliphatic heterocycles. The first-order valence-corrected chi connectivity index (χ1v) is 6.29. The van der Waals surface area contributed by atoms with Crippen molar-refractivity contribution in [2.75, 3.05) is 13.1 Å². The van der Waals surface area contributed by atoms with Crippen molar-refractivity contribution in [1.82, 2.24) is 9.88 Å². The highest BCUT2D eigenvalue weighted by molar-refractivity contribution is 5.92. The first kappa shape index (κ1) is 14.8. The number of aliphatic hydroxyl groups is 1. The zero-order valence-corrected chi connectivity index (χ0v) is 10.9. The number of carbonyl (C=O) groups is 1. The molecular formula is C13H15F3N2O2. The van der Waals surface area contributed by atoms with Crippen LogP contribution in [0.15, 0.2) is 18.3 Å². The molecule has 0 spiro atoms. The van der Waals surface area contributed by atoms with Crippen molar-refractivity contribution in [3.8, 4) is 0 Å². The van der Waals surface area contributed by atoms with Crippen LogP contribution in [0.3, 0.4) is 0 Å². The van der Waals surface area contributed by atoms with Gasteiger partial charge in [-0.15, -0.1) is 0 Å². The Hall–Kier alpha value is -1.63. The monoisotopic (exact) mass is 288 g/mol. The zero-order valence-electron chi connectivity index (χ0n) is 10.9. The molecule has 1 N–H and O–H groups in total. The minimum atomic E-state index is -4.46. The second kappa shape index (κ2) is 5.40. The summed E-state index contributed by atoms with van der Waals surface area (Å²) in [6.07, 6.45) is -3.78. The molecule has 0 aromatic carbocycles. The van der Waals surface area contributed by atoms with Crippen molar-refractivity contribution in [3.63, 3.8) is 0 Å². The third-order valence-corrected chi connectivity index (χ3v) is 3.46. The summed E-state index contributed by atoms with van der Waals surface area (Å²) in [6, 6.07) is 1.93. The molecule has 4 nitrogen and oxygen atoms in total. The SMILES string of the molecule is CC1CN(C(=O)c2ccc(C(F)(F)F)cn2)CCC1O. The average Bonchev–Trinajstić information content (AvgIpc) is 2.40. The predicted molar refractivity (Wildman–Crippen MR) is 64.9 cm³/mol. The number of piperidine rings is 1. The second-order valence-electron chi connectivity index (χ2n) is 5.01. The fraction of sp³-hybridized carbons (Fsp3) is 0.538. The molecule has 2 rings (SSSR count). The normalized spacial score (nSPS) is 23.8. The minimum Gasteiger partial charge on any atom is -0.393 e. The molecule has 2 heterocycles. The molecule has 0 aliphatic carbocycles. The Bertz CT molecular complexity index is 487. The Labute approximate surface area is 114 Å². The van der Waals surface area contributed by atoms with Gasteiger partial charge in [0, 0.05) is 19.3 Å². The van der Waals surface area contributed by atoms with Crippen molar-refractivity contribution in [1.29, 1.82) is 0 Å². The van der Waals surface area contributed by atoms with Crippen LogP contribution in [0.5, 0.6) is 0 Å². The van der Waals surface area contributed by atoms with Gasteiger partial charge in [0.2, 0.25) is 0 Å². The summed E-state index contributed by atoms with van der Waals surface area (Å²) in [5, 5.41) is 9.60. The van der Waals surface area contributed by atoms with Gasteiger partial charge in [0.05, 0.1) is 11.7 Å². The van der Waals surface area contributed by atoms with Crippen molar-refractivity contribution < 1.29 is 23.1 Å². The van der Waals surface area contributed by atoms with Crippen molar-refractivity contribution in [3.05, 3.63) is 29.6 Å². The van der Waals surface area contributed by atoms with Gasteiger partial charge in [-0.1, -0.05) is 6.92 Å². The van der Waals surface area contributed by atoms with E-state index in [9.17, 15) is 23.1 Å². The zero-order chi connectivity index (χ0) is 14.9. The summed E-state index contributed by atoms with van der Waals surface area (Å²) in [5.41, 5.74) is -0.891. The molecule has 2 atom stereocenters. The molecule has 1 fully saturated rings. The molecule has 2 unspecified atom stereocenters. The first-order valence-electron chi connectivity index (χ1n) is 6.29. The molecule has 1 aliphatic rings. The maximum Gasteiger partial charge on any atom is 0.417 e. The summed E-state index contributed by atoms with van der Waals surface area (Å²) < 4.78 is 37.2. The van der Waals surface area contributed by atoms with Crippen LogP contribution in [0.4, 0.5) is 13.2 Å². The third-order valence-electron chi connectivity index (χ3n) is 3.46. The quantitative estimate of drug-likeness (QED) is 0.859. The molecule has 7 heteroatoms. The van der Waals surface area contributed by atoms with Gasteiger partial charge >= 0.3 is 6.18 Å². The molecule has 20 heavy (non-hydrogen) atoms. The number of aromatic nitrogens is 1. The third kappa shape index (κ3) is 3.09. The summed E-state index contributed by atoms with van der Waals surface area (Å²) in [5.74, 6) is -0.459. The van der Waals surface area contributed by atoms with E-state index < -0.39 is 23.8 Å². The largest absolute Gasteiger partial charge is 0.417 e. The van der Waals surface area contributed by atoms with Crippen molar-refractivity contribution in [2.45, 2.75) is 25.6 Å². The number of aliphatic hydroxyl groups excluding tert-OH is 1. The maximum absolute atomic E-state index is 12.4. The lowest BCUT2D eigenvalue weighted by molar-refractivity contribution is -0.137. The number of nitrogens with zero attached hydrogens (tertiary/aromatic N) is 2. The van der Waals surface area contributed by atoms with Crippen LogP contribution >= 0.6 is 0 Å². The van der Waals surface area contributed by atoms with E-state index in [1.165, 1.54) is 4.90 Å². The van der Waals surface area contributed by atoms with E-state index in [1.807, 2.05) is 6.92 Å². The maximum atomic E-state index is 12.4. The Morgan fingerprint density at radius 3 is 2.65 bits per heavy atom. The van der Waals surface area contributed by atoms with E-state index >= 15 is 0 Å². The molecule has 0 radical (unpaired) electrons. The van der Waals surface area contributed by atoms with E-state index in [4.69, 9.17) is 0 Å². The van der Waals surface area contributed by atoms with Crippen LogP contribution in [0.25, 0.3) is 0 Å². The van der Waals surface area contributed by atoms with Crippen LogP contribution < -0.4 is 0 Å². The lowest BCUT2D eigenvalue weighted by Gasteiger charge is -2.34. The van der Waals surface area contributed by atoms with Gasteiger partial charge in [-0.3, -0.25) is 9.78 Å². The van der Waals surface area contributed by atoms with Gasteiger partial charge in [0.1, 0.15) is 5.69 Å². The Balaban J connectivity index is 2.10. The Morgan fingerprint density at radius 1 is 1.45 bits per heavy atom. The first-order chi connectivity index (χ1) is 9.29. The molecular weight excluding hydrogens is 273 g/mol. The smallest absolute Gasteiger partial charge is 0.393 e. The number of hydrogen-bond acceptors (Lipinski definition) is 3. The molecule has 0 bridgehead atoms. The van der Waals surface area contributed by atoms with Crippen LogP contribution in [0, 0.1) is 5.92 Å². The number of halogens is 3. The van der Waals surface area contributed by atoms with Gasteiger partial charge in [-0.05, 0) is 24.5 Å². The van der Waals surface area contributed by atoms with Crippen LogP contribution in [-0.2, 0) is 6.18 Å². The van der Waals surface area contributed by atoms with Crippen LogP contribution in [-0.4, -0.2) is 40.1 Å². The van der Waals surface area contributed by atoms with Crippen LogP contribution in [0.2, 0.25) is 0 Å².